The zero-order chi connectivity index (χ0) is 25.0. The van der Waals surface area contributed by atoms with Crippen LogP contribution < -0.4 is 4.31 Å². The highest BCUT2D eigenvalue weighted by atomic mass is 32.2. The molecule has 0 aliphatic carbocycles. The van der Waals surface area contributed by atoms with Gasteiger partial charge in [-0.2, -0.15) is 0 Å². The Bertz CT molecular complexity index is 1460. The molecule has 4 rings (SSSR count). The van der Waals surface area contributed by atoms with E-state index in [9.17, 15) is 27.1 Å². The highest BCUT2D eigenvalue weighted by molar-refractivity contribution is 7.91. The van der Waals surface area contributed by atoms with Crippen LogP contribution in [0.1, 0.15) is 21.5 Å². The highest BCUT2D eigenvalue weighted by Gasteiger charge is 2.22. The zero-order valence-electron chi connectivity index (χ0n) is 18.2. The van der Waals surface area contributed by atoms with Crippen molar-refractivity contribution in [3.8, 4) is 0 Å². The van der Waals surface area contributed by atoms with Crippen molar-refractivity contribution in [1.82, 2.24) is 0 Å². The number of aromatic carboxylic acids is 1. The number of benzene rings is 3. The van der Waals surface area contributed by atoms with E-state index in [1.165, 1.54) is 23.6 Å². The van der Waals surface area contributed by atoms with Crippen molar-refractivity contribution in [3.63, 3.8) is 0 Å². The topological polar surface area (TPSA) is 115 Å². The van der Waals surface area contributed by atoms with Crippen molar-refractivity contribution in [2.75, 3.05) is 4.31 Å². The fraction of sp³-hybridized carbons (Fsp3) is 0.0800. The van der Waals surface area contributed by atoms with Crippen LogP contribution in [0.2, 0.25) is 0 Å². The third kappa shape index (κ3) is 5.51. The van der Waals surface area contributed by atoms with Gasteiger partial charge in [0, 0.05) is 5.38 Å². The summed E-state index contributed by atoms with van der Waals surface area (Å²) in [6, 6.07) is 22.9. The molecule has 0 bridgehead atoms. The number of carboxylic acid groups (broad SMARTS) is 1. The third-order valence-corrected chi connectivity index (χ3v) is 9.01. The van der Waals surface area contributed by atoms with E-state index in [4.69, 9.17) is 0 Å². The van der Waals surface area contributed by atoms with Gasteiger partial charge in [0.15, 0.2) is 0 Å². The summed E-state index contributed by atoms with van der Waals surface area (Å²) in [7, 11) is -3.77. The molecular weight excluding hydrogens is 506 g/mol. The van der Waals surface area contributed by atoms with Gasteiger partial charge in [-0.1, -0.05) is 48.5 Å². The van der Waals surface area contributed by atoms with Crippen LogP contribution in [0.15, 0.2) is 100 Å². The monoisotopic (exact) mass is 526 g/mol. The first-order valence-electron chi connectivity index (χ1n) is 10.5. The van der Waals surface area contributed by atoms with Gasteiger partial charge in [-0.05, 0) is 60.4 Å². The molecule has 7 nitrogen and oxygen atoms in total. The van der Waals surface area contributed by atoms with E-state index in [2.05, 4.69) is 0 Å². The largest absolute Gasteiger partial charge is 0.755 e. The van der Waals surface area contributed by atoms with E-state index in [-0.39, 0.29) is 20.4 Å². The molecule has 1 heterocycles. The number of carboxylic acids is 1. The quantitative estimate of drug-likeness (QED) is 0.307. The summed E-state index contributed by atoms with van der Waals surface area (Å²) in [6.45, 7) is 0. The van der Waals surface area contributed by atoms with Crippen molar-refractivity contribution < 1.29 is 27.1 Å². The number of carbonyl (C=O) groups is 1. The smallest absolute Gasteiger partial charge is 0.335 e. The lowest BCUT2D eigenvalue weighted by molar-refractivity contribution is 0.0695. The van der Waals surface area contributed by atoms with Crippen LogP contribution in [0.25, 0.3) is 0 Å². The number of hydrogen-bond donors (Lipinski definition) is 1. The first-order chi connectivity index (χ1) is 16.8. The Morgan fingerprint density at radius 3 is 2.23 bits per heavy atom. The van der Waals surface area contributed by atoms with E-state index in [0.717, 1.165) is 26.8 Å². The van der Waals surface area contributed by atoms with Crippen molar-refractivity contribution >= 4 is 49.1 Å². The molecule has 1 atom stereocenters. The Kier molecular flexibility index (Phi) is 7.46. The van der Waals surface area contributed by atoms with Gasteiger partial charge in [-0.15, -0.1) is 11.3 Å². The first-order valence-corrected chi connectivity index (χ1v) is 13.8. The minimum Gasteiger partial charge on any atom is -0.755 e. The Labute approximate surface area is 209 Å². The maximum absolute atomic E-state index is 12.9. The van der Waals surface area contributed by atoms with Gasteiger partial charge in [-0.25, -0.2) is 13.2 Å². The van der Waals surface area contributed by atoms with Crippen molar-refractivity contribution in [2.45, 2.75) is 22.6 Å². The SMILES string of the molecule is O=C(O)c1ccccc1CCc1ccc(N(c2cc(S(=O)(=O)c3ccccc3)cs2)S(=O)[O-])cc1. The number of thiophene rings is 1. The fourth-order valence-corrected chi connectivity index (χ4v) is 6.89. The second kappa shape index (κ2) is 10.5. The molecule has 1 N–H and O–H groups in total. The number of aryl methyl sites for hydroxylation is 2. The molecule has 0 amide bonds. The molecule has 1 unspecified atom stereocenters. The lowest BCUT2D eigenvalue weighted by atomic mass is 10.00. The summed E-state index contributed by atoms with van der Waals surface area (Å²) in [5, 5.41) is 11.0. The Morgan fingerprint density at radius 1 is 0.914 bits per heavy atom. The molecule has 4 aromatic rings. The first kappa shape index (κ1) is 24.8. The summed E-state index contributed by atoms with van der Waals surface area (Å²) in [5.41, 5.74) is 2.25. The lowest BCUT2D eigenvalue weighted by Gasteiger charge is -2.24. The van der Waals surface area contributed by atoms with Crippen LogP contribution >= 0.6 is 11.3 Å². The lowest BCUT2D eigenvalue weighted by Crippen LogP contribution is -2.18. The van der Waals surface area contributed by atoms with Crippen LogP contribution in [0.4, 0.5) is 10.7 Å². The van der Waals surface area contributed by atoms with E-state index in [0.29, 0.717) is 18.5 Å². The minimum absolute atomic E-state index is 0.0212. The normalized spacial score (nSPS) is 12.3. The van der Waals surface area contributed by atoms with E-state index >= 15 is 0 Å². The molecule has 0 saturated carbocycles. The zero-order valence-corrected chi connectivity index (χ0v) is 20.7. The standard InChI is InChI=1S/C25H21NO6S3/c27-25(28)23-9-5-4-6-19(23)13-10-18-11-14-20(15-12-18)26(34(29)30)24-16-22(17-33-24)35(31,32)21-7-2-1-3-8-21/h1-9,11-12,14-17H,10,13H2,(H,27,28)(H,29,30)/p-1. The fourth-order valence-electron chi connectivity index (χ4n) is 3.60. The van der Waals surface area contributed by atoms with Gasteiger partial charge in [-0.3, -0.25) is 8.51 Å². The summed E-state index contributed by atoms with van der Waals surface area (Å²) < 4.78 is 50.9. The number of hydrogen-bond acceptors (Lipinski definition) is 6. The molecule has 0 fully saturated rings. The number of rotatable bonds is 9. The van der Waals surface area contributed by atoms with Gasteiger partial charge < -0.3 is 9.66 Å². The van der Waals surface area contributed by atoms with Crippen molar-refractivity contribution in [1.29, 1.82) is 0 Å². The summed E-state index contributed by atoms with van der Waals surface area (Å²) in [6.07, 6.45) is 1.09. The van der Waals surface area contributed by atoms with E-state index < -0.39 is 27.1 Å². The minimum atomic E-state index is -3.77. The molecule has 35 heavy (non-hydrogen) atoms. The third-order valence-electron chi connectivity index (χ3n) is 5.38. The molecule has 1 aromatic heterocycles. The molecule has 10 heteroatoms. The van der Waals surface area contributed by atoms with Crippen LogP contribution in [0, 0.1) is 0 Å². The van der Waals surface area contributed by atoms with Crippen molar-refractivity contribution in [3.05, 3.63) is 107 Å². The molecule has 0 saturated heterocycles. The number of anilines is 2. The van der Waals surface area contributed by atoms with Crippen LogP contribution in [0.5, 0.6) is 0 Å². The molecule has 0 spiro atoms. The van der Waals surface area contributed by atoms with Crippen LogP contribution in [0.3, 0.4) is 0 Å². The van der Waals surface area contributed by atoms with Gasteiger partial charge in [0.1, 0.15) is 5.00 Å². The number of sulfone groups is 1. The van der Waals surface area contributed by atoms with Gasteiger partial charge in [0.05, 0.1) is 32.3 Å². The molecule has 0 aliphatic heterocycles. The second-order valence-electron chi connectivity index (χ2n) is 7.58. The van der Waals surface area contributed by atoms with Gasteiger partial charge in [0.25, 0.3) is 0 Å². The van der Waals surface area contributed by atoms with Crippen LogP contribution in [-0.2, 0) is 33.9 Å². The predicted molar refractivity (Wildman–Crippen MR) is 135 cm³/mol. The van der Waals surface area contributed by atoms with Gasteiger partial charge >= 0.3 is 5.97 Å². The number of nitrogens with zero attached hydrogens (tertiary/aromatic N) is 1. The van der Waals surface area contributed by atoms with Gasteiger partial charge in [0.2, 0.25) is 9.84 Å². The molecule has 3 aromatic carbocycles. The highest BCUT2D eigenvalue weighted by Crippen LogP contribution is 2.36. The summed E-state index contributed by atoms with van der Waals surface area (Å²) in [5.74, 6) is -0.978. The van der Waals surface area contributed by atoms with E-state index in [1.807, 2.05) is 0 Å². The maximum Gasteiger partial charge on any atom is 0.335 e. The maximum atomic E-state index is 12.9. The van der Waals surface area contributed by atoms with Crippen LogP contribution in [-0.4, -0.2) is 28.3 Å². The predicted octanol–water partition coefficient (Wildman–Crippen LogP) is 5.00. The molecule has 0 aliphatic rings. The molecule has 0 radical (unpaired) electrons. The van der Waals surface area contributed by atoms with Crippen molar-refractivity contribution in [2.24, 2.45) is 0 Å². The second-order valence-corrected chi connectivity index (χ2v) is 11.2. The average molecular weight is 527 g/mol. The summed E-state index contributed by atoms with van der Waals surface area (Å²) >= 11 is -1.66. The Morgan fingerprint density at radius 2 is 1.57 bits per heavy atom. The molecular formula is C25H20NO6S3-. The van der Waals surface area contributed by atoms with E-state index in [1.54, 1.807) is 66.7 Å². The summed E-state index contributed by atoms with van der Waals surface area (Å²) in [4.78, 5) is 11.5. The molecule has 180 valence electrons. The Hall–Kier alpha value is -3.31. The Balaban J connectivity index is 1.54. The average Bonchev–Trinajstić information content (AvgIpc) is 3.34.